The molecule has 5 aliphatic rings. The van der Waals surface area contributed by atoms with Crippen LogP contribution in [0.4, 0.5) is 5.69 Å². The van der Waals surface area contributed by atoms with Gasteiger partial charge in [0.15, 0.2) is 0 Å². The summed E-state index contributed by atoms with van der Waals surface area (Å²) in [4.78, 5) is 16.2. The van der Waals surface area contributed by atoms with Crippen molar-refractivity contribution in [3.8, 4) is 17.2 Å². The van der Waals surface area contributed by atoms with Crippen LogP contribution >= 0.6 is 0 Å². The van der Waals surface area contributed by atoms with E-state index < -0.39 is 8.07 Å². The van der Waals surface area contributed by atoms with Gasteiger partial charge in [-0.2, -0.15) is 0 Å². The molecule has 1 aliphatic heterocycles. The molecule has 43 heavy (non-hydrogen) atoms. The second kappa shape index (κ2) is 12.3. The lowest BCUT2D eigenvalue weighted by Crippen LogP contribution is -2.54. The Kier molecular flexibility index (Phi) is 8.68. The molecule has 0 radical (unpaired) electrons. The monoisotopic (exact) mass is 598 g/mol. The second-order valence-electron chi connectivity index (χ2n) is 14.7. The fourth-order valence-corrected chi connectivity index (χ4v) is 10.2. The Hall–Kier alpha value is -2.75. The molecule has 0 aromatic heterocycles. The lowest BCUT2D eigenvalue weighted by atomic mass is 9.53. The predicted molar refractivity (Wildman–Crippen MR) is 177 cm³/mol. The van der Waals surface area contributed by atoms with Gasteiger partial charge in [0, 0.05) is 23.9 Å². The summed E-state index contributed by atoms with van der Waals surface area (Å²) in [7, 11) is -0.270. The quantitative estimate of drug-likeness (QED) is 0.234. The largest absolute Gasteiger partial charge is 0.497 e. The van der Waals surface area contributed by atoms with E-state index in [0.717, 1.165) is 60.3 Å². The molecule has 6 heteroatoms. The zero-order valence-electron chi connectivity index (χ0n) is 26.6. The van der Waals surface area contributed by atoms with E-state index in [4.69, 9.17) is 4.74 Å². The van der Waals surface area contributed by atoms with Crippen molar-refractivity contribution in [3.05, 3.63) is 59.2 Å². The van der Waals surface area contributed by atoms with Gasteiger partial charge in [0.2, 0.25) is 0 Å². The second-order valence-corrected chi connectivity index (χ2v) is 19.3. The summed E-state index contributed by atoms with van der Waals surface area (Å²) in [6.45, 7) is 6.58. The number of nitrogens with zero attached hydrogens (tertiary/aromatic N) is 1. The third-order valence-electron chi connectivity index (χ3n) is 10.8. The topological polar surface area (TPSA) is 61.8 Å². The number of carbonyl (C=O) groups excluding carboxylic acids is 1. The summed E-state index contributed by atoms with van der Waals surface area (Å²) in [5.74, 6) is 6.56. The molecule has 7 rings (SSSR count). The zero-order chi connectivity index (χ0) is 30.2. The minimum atomic E-state index is -1.99. The molecule has 0 unspecified atom stereocenters. The summed E-state index contributed by atoms with van der Waals surface area (Å²) in [6, 6.07) is 15.8. The molecular formula is C37H50N2O3Si. The van der Waals surface area contributed by atoms with Crippen molar-refractivity contribution in [2.24, 2.45) is 17.8 Å². The Morgan fingerprint density at radius 2 is 1.74 bits per heavy atom. The number of nitrogens with one attached hydrogen (secondary N) is 1. The highest BCUT2D eigenvalue weighted by Gasteiger charge is 2.51. The lowest BCUT2D eigenvalue weighted by molar-refractivity contribution is -0.130. The average Bonchev–Trinajstić information content (AvgIpc) is 2.97. The van der Waals surface area contributed by atoms with Crippen molar-refractivity contribution in [1.29, 1.82) is 0 Å². The standard InChI is InChI=1S/C37H50N2O3Si/c1-5-6-7-32-21-30-22-33(42-2)12-13-34(30)36(39(32)35(41)14-16-43(3,4)17-15-40)29-8-10-31(11-9-29)38-37-23-26-18-27(24-37)20-28(19-26)25-37/h8-13,22,26-28,32,36,38,40H,5-7,15,17-21,23-25H2,1-4H3/t26?,27?,28?,32-,36-,37?/m0/s1. The molecule has 230 valence electrons. The van der Waals surface area contributed by atoms with Crippen LogP contribution in [-0.4, -0.2) is 49.3 Å². The maximum absolute atomic E-state index is 14.1. The lowest BCUT2D eigenvalue weighted by Gasteiger charge is -2.57. The van der Waals surface area contributed by atoms with E-state index in [2.05, 4.69) is 78.1 Å². The van der Waals surface area contributed by atoms with Gasteiger partial charge in [0.1, 0.15) is 13.8 Å². The van der Waals surface area contributed by atoms with Crippen LogP contribution in [0.5, 0.6) is 5.75 Å². The summed E-state index contributed by atoms with van der Waals surface area (Å²) >= 11 is 0. The molecule has 5 nitrogen and oxygen atoms in total. The molecule has 1 amide bonds. The third-order valence-corrected chi connectivity index (χ3v) is 13.1. The molecule has 0 spiro atoms. The highest BCUT2D eigenvalue weighted by atomic mass is 28.3. The number of ether oxygens (including phenoxy) is 1. The normalized spacial score (nSPS) is 29.0. The number of amides is 1. The van der Waals surface area contributed by atoms with Crippen molar-refractivity contribution >= 4 is 19.7 Å². The van der Waals surface area contributed by atoms with Gasteiger partial charge in [0.25, 0.3) is 5.91 Å². The van der Waals surface area contributed by atoms with Crippen LogP contribution < -0.4 is 10.1 Å². The maximum Gasteiger partial charge on any atom is 0.298 e. The first kappa shape index (κ1) is 30.3. The summed E-state index contributed by atoms with van der Waals surface area (Å²) < 4.78 is 5.61. The number of carbonyl (C=O) groups is 1. The van der Waals surface area contributed by atoms with Crippen molar-refractivity contribution in [2.75, 3.05) is 19.0 Å². The number of rotatable bonds is 9. The number of aliphatic hydroxyl groups is 1. The van der Waals surface area contributed by atoms with Gasteiger partial charge < -0.3 is 20.1 Å². The minimum absolute atomic E-state index is 0.0683. The number of anilines is 1. The molecule has 4 bridgehead atoms. The van der Waals surface area contributed by atoms with Crippen molar-refractivity contribution < 1.29 is 14.6 Å². The number of benzene rings is 2. The Balaban J connectivity index is 1.34. The van der Waals surface area contributed by atoms with Gasteiger partial charge in [-0.3, -0.25) is 4.79 Å². The SMILES string of the molecule is CCCC[C@H]1Cc2cc(OC)ccc2[C@H](c2ccc(NC34CC5CC(CC(C5)C3)C4)cc2)N1C(=O)C#C[Si](C)(C)CCO. The van der Waals surface area contributed by atoms with Crippen LogP contribution in [0.3, 0.4) is 0 Å². The van der Waals surface area contributed by atoms with Crippen LogP contribution in [0, 0.1) is 29.2 Å². The van der Waals surface area contributed by atoms with Gasteiger partial charge >= 0.3 is 0 Å². The van der Waals surface area contributed by atoms with Crippen molar-refractivity contribution in [2.45, 2.75) is 108 Å². The Bertz CT molecular complexity index is 1340. The Morgan fingerprint density at radius 1 is 1.07 bits per heavy atom. The van der Waals surface area contributed by atoms with Gasteiger partial charge in [-0.15, -0.1) is 5.54 Å². The predicted octanol–water partition coefficient (Wildman–Crippen LogP) is 7.35. The first-order chi connectivity index (χ1) is 20.7. The van der Waals surface area contributed by atoms with Crippen molar-refractivity contribution in [1.82, 2.24) is 4.90 Å². The van der Waals surface area contributed by atoms with Gasteiger partial charge in [-0.25, -0.2) is 0 Å². The van der Waals surface area contributed by atoms with Crippen molar-refractivity contribution in [3.63, 3.8) is 0 Å². The Morgan fingerprint density at radius 3 is 2.35 bits per heavy atom. The fourth-order valence-electron chi connectivity index (χ4n) is 9.12. The van der Waals surface area contributed by atoms with Crippen LogP contribution in [0.1, 0.15) is 87.4 Å². The van der Waals surface area contributed by atoms with E-state index in [0.29, 0.717) is 6.04 Å². The van der Waals surface area contributed by atoms with Gasteiger partial charge in [-0.05, 0) is 122 Å². The van der Waals surface area contributed by atoms with Crippen LogP contribution in [0.25, 0.3) is 0 Å². The minimum Gasteiger partial charge on any atom is -0.497 e. The van der Waals surface area contributed by atoms with Crippen LogP contribution in [0.2, 0.25) is 19.1 Å². The van der Waals surface area contributed by atoms with E-state index in [9.17, 15) is 9.90 Å². The average molecular weight is 599 g/mol. The molecule has 2 aromatic carbocycles. The zero-order valence-corrected chi connectivity index (χ0v) is 27.6. The number of aliphatic hydroxyl groups excluding tert-OH is 1. The highest BCUT2D eigenvalue weighted by Crippen LogP contribution is 2.56. The molecule has 4 saturated carbocycles. The van der Waals surface area contributed by atoms with E-state index >= 15 is 0 Å². The molecular weight excluding hydrogens is 549 g/mol. The van der Waals surface area contributed by atoms with E-state index in [1.165, 1.54) is 49.8 Å². The number of hydrogen-bond donors (Lipinski definition) is 2. The maximum atomic E-state index is 14.1. The molecule has 2 aromatic rings. The van der Waals surface area contributed by atoms with Gasteiger partial charge in [0.05, 0.1) is 13.2 Å². The number of fused-ring (bicyclic) bond motifs is 1. The summed E-state index contributed by atoms with van der Waals surface area (Å²) in [5, 5.41) is 13.6. The highest BCUT2D eigenvalue weighted by molar-refractivity contribution is 6.85. The molecule has 4 fully saturated rings. The van der Waals surface area contributed by atoms with Gasteiger partial charge in [-0.1, -0.05) is 51.1 Å². The number of unbranched alkanes of at least 4 members (excludes halogenated alkanes) is 1. The number of hydrogen-bond acceptors (Lipinski definition) is 4. The van der Waals surface area contributed by atoms with E-state index in [-0.39, 0.29) is 30.1 Å². The smallest absolute Gasteiger partial charge is 0.298 e. The molecule has 2 N–H and O–H groups in total. The van der Waals surface area contributed by atoms with Crippen LogP contribution in [-0.2, 0) is 11.2 Å². The summed E-state index contributed by atoms with van der Waals surface area (Å²) in [5.41, 5.74) is 8.35. The molecule has 2 atom stereocenters. The number of methoxy groups -OCH3 is 1. The van der Waals surface area contributed by atoms with E-state index in [1.807, 2.05) is 6.07 Å². The van der Waals surface area contributed by atoms with Crippen LogP contribution in [0.15, 0.2) is 42.5 Å². The Labute approximate surface area is 259 Å². The molecule has 1 heterocycles. The third kappa shape index (κ3) is 6.40. The van der Waals surface area contributed by atoms with E-state index in [1.54, 1.807) is 7.11 Å². The first-order valence-corrected chi connectivity index (χ1v) is 19.9. The first-order valence-electron chi connectivity index (χ1n) is 16.7. The molecule has 0 saturated heterocycles. The molecule has 4 aliphatic carbocycles. The fraction of sp³-hybridized carbons (Fsp3) is 0.595. The summed E-state index contributed by atoms with van der Waals surface area (Å²) in [6.07, 6.45) is 12.2.